The van der Waals surface area contributed by atoms with Crippen molar-refractivity contribution in [1.82, 2.24) is 14.3 Å². The summed E-state index contributed by atoms with van der Waals surface area (Å²) in [5.74, 6) is -0.361. The summed E-state index contributed by atoms with van der Waals surface area (Å²) in [6, 6.07) is 12.5. The lowest BCUT2D eigenvalue weighted by molar-refractivity contribution is 0.102. The van der Waals surface area contributed by atoms with Crippen LogP contribution in [0.5, 0.6) is 0 Å². The number of nitrogens with zero attached hydrogens (tertiary/aromatic N) is 2. The molecule has 1 aliphatic heterocycles. The summed E-state index contributed by atoms with van der Waals surface area (Å²) >= 11 is 0. The summed E-state index contributed by atoms with van der Waals surface area (Å²) in [6.07, 6.45) is 1.08. The number of sulfone groups is 1. The van der Waals surface area contributed by atoms with Gasteiger partial charge < -0.3 is 4.57 Å². The first kappa shape index (κ1) is 22.4. The van der Waals surface area contributed by atoms with Gasteiger partial charge in [-0.15, -0.1) is 0 Å². The second-order valence-electron chi connectivity index (χ2n) is 7.78. The van der Waals surface area contributed by atoms with Crippen molar-refractivity contribution in [3.63, 3.8) is 0 Å². The van der Waals surface area contributed by atoms with E-state index in [4.69, 9.17) is 0 Å². The molecule has 2 heterocycles. The molecule has 0 spiro atoms. The molecule has 1 amide bonds. The minimum atomic E-state index is -3.98. The van der Waals surface area contributed by atoms with Crippen LogP contribution in [0.3, 0.4) is 0 Å². The summed E-state index contributed by atoms with van der Waals surface area (Å²) < 4.78 is 53.1. The number of hydrogen-bond donors (Lipinski definition) is 2. The van der Waals surface area contributed by atoms with Crippen LogP contribution in [-0.4, -0.2) is 49.8 Å². The van der Waals surface area contributed by atoms with Crippen LogP contribution in [-0.2, 0) is 26.4 Å². The number of carbonyl (C=O) groups excluding carboxylic acids is 1. The molecule has 2 aromatic carbocycles. The normalized spacial score (nSPS) is 18.1. The van der Waals surface area contributed by atoms with Gasteiger partial charge in [-0.1, -0.05) is 25.1 Å². The number of benzene rings is 2. The van der Waals surface area contributed by atoms with Crippen LogP contribution in [0, 0.1) is 0 Å². The van der Waals surface area contributed by atoms with Crippen LogP contribution in [0.4, 0.5) is 5.95 Å². The summed E-state index contributed by atoms with van der Waals surface area (Å²) in [7, 11) is -7.20. The molecule has 0 bridgehead atoms. The quantitative estimate of drug-likeness (QED) is 0.538. The number of carbonyl (C=O) groups is 1. The molecular formula is C21H24N4O5S2. The predicted octanol–water partition coefficient (Wildman–Crippen LogP) is 2.16. The molecule has 32 heavy (non-hydrogen) atoms. The zero-order valence-corrected chi connectivity index (χ0v) is 19.1. The lowest BCUT2D eigenvalue weighted by Crippen LogP contribution is -2.35. The molecule has 2 N–H and O–H groups in total. The van der Waals surface area contributed by atoms with Crippen LogP contribution in [0.25, 0.3) is 11.0 Å². The maximum absolute atomic E-state index is 12.9. The summed E-state index contributed by atoms with van der Waals surface area (Å²) in [5.41, 5.74) is 1.81. The molecule has 1 aromatic heterocycles. The van der Waals surface area contributed by atoms with Crippen LogP contribution in [0.2, 0.25) is 0 Å². The number of anilines is 1. The molecule has 1 aliphatic rings. The number of aromatic nitrogens is 2. The molecule has 0 saturated carbocycles. The van der Waals surface area contributed by atoms with Crippen molar-refractivity contribution in [2.75, 3.05) is 16.8 Å². The van der Waals surface area contributed by atoms with E-state index < -0.39 is 31.8 Å². The van der Waals surface area contributed by atoms with Gasteiger partial charge in [0.15, 0.2) is 9.84 Å². The number of rotatable bonds is 7. The molecule has 0 unspecified atom stereocenters. The number of imidazole rings is 1. The number of fused-ring (bicyclic) bond motifs is 1. The van der Waals surface area contributed by atoms with Gasteiger partial charge in [-0.3, -0.25) is 10.1 Å². The zero-order valence-electron chi connectivity index (χ0n) is 17.5. The Morgan fingerprint density at radius 3 is 2.69 bits per heavy atom. The standard InChI is InChI=1S/C21H24N4O5S2/c1-2-11-25-19-9-4-3-8-18(19)22-21(25)23-20(26)15-6-5-7-17(13-15)32(29,30)24-16-10-12-31(27,28)14-16/h3-9,13,16,24H,2,10-12,14H2,1H3,(H,22,23,26)/t16-/m0/s1. The molecule has 1 fully saturated rings. The second-order valence-corrected chi connectivity index (χ2v) is 11.7. The van der Waals surface area contributed by atoms with Gasteiger partial charge in [0.25, 0.3) is 5.91 Å². The maximum Gasteiger partial charge on any atom is 0.258 e. The topological polar surface area (TPSA) is 127 Å². The minimum absolute atomic E-state index is 0.0403. The van der Waals surface area contributed by atoms with Gasteiger partial charge in [0, 0.05) is 18.2 Å². The van der Waals surface area contributed by atoms with E-state index in [2.05, 4.69) is 15.0 Å². The van der Waals surface area contributed by atoms with Crippen molar-refractivity contribution in [1.29, 1.82) is 0 Å². The molecular weight excluding hydrogens is 452 g/mol. The molecule has 11 heteroatoms. The van der Waals surface area contributed by atoms with Gasteiger partial charge in [-0.2, -0.15) is 0 Å². The SMILES string of the molecule is CCCn1c(NC(=O)c2cccc(S(=O)(=O)N[C@H]3CCS(=O)(=O)C3)c2)nc2ccccc21. The molecule has 0 aliphatic carbocycles. The zero-order chi connectivity index (χ0) is 22.9. The molecule has 1 atom stereocenters. The van der Waals surface area contributed by atoms with E-state index in [1.165, 1.54) is 24.3 Å². The van der Waals surface area contributed by atoms with E-state index in [9.17, 15) is 21.6 Å². The fourth-order valence-corrected chi connectivity index (χ4v) is 6.87. The summed E-state index contributed by atoms with van der Waals surface area (Å²) in [6.45, 7) is 2.69. The third-order valence-electron chi connectivity index (χ3n) is 5.29. The lowest BCUT2D eigenvalue weighted by atomic mass is 10.2. The first-order valence-electron chi connectivity index (χ1n) is 10.3. The Hall–Kier alpha value is -2.76. The summed E-state index contributed by atoms with van der Waals surface area (Å²) in [4.78, 5) is 17.3. The van der Waals surface area contributed by atoms with E-state index in [0.717, 1.165) is 17.5 Å². The Kier molecular flexibility index (Phi) is 6.06. The Labute approximate surface area is 186 Å². The van der Waals surface area contributed by atoms with Gasteiger partial charge >= 0.3 is 0 Å². The van der Waals surface area contributed by atoms with E-state index in [1.807, 2.05) is 35.8 Å². The van der Waals surface area contributed by atoms with Crippen LogP contribution < -0.4 is 10.0 Å². The van der Waals surface area contributed by atoms with Crippen molar-refractivity contribution in [3.8, 4) is 0 Å². The highest BCUT2D eigenvalue weighted by molar-refractivity contribution is 7.92. The number of aryl methyl sites for hydroxylation is 1. The largest absolute Gasteiger partial charge is 0.310 e. The van der Waals surface area contributed by atoms with Gasteiger partial charge in [0.1, 0.15) is 0 Å². The van der Waals surface area contributed by atoms with Crippen molar-refractivity contribution in [2.45, 2.75) is 37.2 Å². The summed E-state index contributed by atoms with van der Waals surface area (Å²) in [5, 5.41) is 2.78. The fraction of sp³-hybridized carbons (Fsp3) is 0.333. The van der Waals surface area contributed by atoms with Crippen LogP contribution in [0.15, 0.2) is 53.4 Å². The number of hydrogen-bond acceptors (Lipinski definition) is 6. The van der Waals surface area contributed by atoms with Gasteiger partial charge in [-0.05, 0) is 43.2 Å². The monoisotopic (exact) mass is 476 g/mol. The maximum atomic E-state index is 12.9. The number of amides is 1. The lowest BCUT2D eigenvalue weighted by Gasteiger charge is -2.13. The molecule has 170 valence electrons. The number of para-hydroxylation sites is 2. The average molecular weight is 477 g/mol. The molecule has 4 rings (SSSR count). The van der Waals surface area contributed by atoms with Gasteiger partial charge in [-0.25, -0.2) is 26.5 Å². The molecule has 9 nitrogen and oxygen atoms in total. The third kappa shape index (κ3) is 4.69. The highest BCUT2D eigenvalue weighted by Gasteiger charge is 2.31. The van der Waals surface area contributed by atoms with Crippen molar-refractivity contribution in [3.05, 3.63) is 54.1 Å². The van der Waals surface area contributed by atoms with Crippen LogP contribution in [0.1, 0.15) is 30.1 Å². The highest BCUT2D eigenvalue weighted by Crippen LogP contribution is 2.22. The first-order valence-corrected chi connectivity index (χ1v) is 13.6. The smallest absolute Gasteiger partial charge is 0.258 e. The van der Waals surface area contributed by atoms with E-state index in [-0.39, 0.29) is 28.4 Å². The molecule has 3 aromatic rings. The Balaban J connectivity index is 1.57. The average Bonchev–Trinajstić information content (AvgIpc) is 3.27. The van der Waals surface area contributed by atoms with E-state index in [1.54, 1.807) is 0 Å². The van der Waals surface area contributed by atoms with Crippen LogP contribution >= 0.6 is 0 Å². The minimum Gasteiger partial charge on any atom is -0.310 e. The predicted molar refractivity (Wildman–Crippen MR) is 122 cm³/mol. The highest BCUT2D eigenvalue weighted by atomic mass is 32.2. The first-order chi connectivity index (χ1) is 15.2. The Morgan fingerprint density at radius 1 is 1.19 bits per heavy atom. The van der Waals surface area contributed by atoms with Gasteiger partial charge in [0.05, 0.1) is 27.4 Å². The fourth-order valence-electron chi connectivity index (χ4n) is 3.77. The Morgan fingerprint density at radius 2 is 1.97 bits per heavy atom. The number of nitrogens with one attached hydrogen (secondary N) is 2. The third-order valence-corrected chi connectivity index (χ3v) is 8.57. The van der Waals surface area contributed by atoms with E-state index >= 15 is 0 Å². The van der Waals surface area contributed by atoms with Gasteiger partial charge in [0.2, 0.25) is 16.0 Å². The molecule has 0 radical (unpaired) electrons. The van der Waals surface area contributed by atoms with Crippen molar-refractivity contribution in [2.24, 2.45) is 0 Å². The molecule has 1 saturated heterocycles. The van der Waals surface area contributed by atoms with Crippen molar-refractivity contribution < 1.29 is 21.6 Å². The van der Waals surface area contributed by atoms with E-state index in [0.29, 0.717) is 12.5 Å². The Bertz CT molecular complexity index is 1380. The second kappa shape index (κ2) is 8.64. The van der Waals surface area contributed by atoms with Crippen molar-refractivity contribution >= 4 is 42.7 Å². The number of sulfonamides is 1.